The fourth-order valence-electron chi connectivity index (χ4n) is 1.08. The number of rotatable bonds is 1. The Morgan fingerprint density at radius 3 is 2.64 bits per heavy atom. The SMILES string of the molecule is O=C1CC(=O)NC(C2CC2)=N1. The topological polar surface area (TPSA) is 58.5 Å². The van der Waals surface area contributed by atoms with Crippen molar-refractivity contribution in [1.29, 1.82) is 0 Å². The second kappa shape index (κ2) is 2.15. The zero-order valence-corrected chi connectivity index (χ0v) is 5.96. The average Bonchev–Trinajstić information content (AvgIpc) is 2.64. The van der Waals surface area contributed by atoms with Gasteiger partial charge in [0.2, 0.25) is 5.91 Å². The molecule has 0 spiro atoms. The first kappa shape index (κ1) is 6.52. The van der Waals surface area contributed by atoms with E-state index in [0.717, 1.165) is 12.8 Å². The van der Waals surface area contributed by atoms with Gasteiger partial charge in [0.15, 0.2) is 0 Å². The van der Waals surface area contributed by atoms with Gasteiger partial charge in [-0.1, -0.05) is 0 Å². The van der Waals surface area contributed by atoms with Crippen LogP contribution in [0.4, 0.5) is 0 Å². The summed E-state index contributed by atoms with van der Waals surface area (Å²) in [6.07, 6.45) is 2.01. The van der Waals surface area contributed by atoms with Crippen molar-refractivity contribution in [3.8, 4) is 0 Å². The Morgan fingerprint density at radius 1 is 1.36 bits per heavy atom. The molecule has 58 valence electrons. The van der Waals surface area contributed by atoms with Crippen molar-refractivity contribution < 1.29 is 9.59 Å². The second-order valence-corrected chi connectivity index (χ2v) is 2.89. The number of carbonyl (C=O) groups excluding carboxylic acids is 2. The molecule has 0 aromatic heterocycles. The summed E-state index contributed by atoms with van der Waals surface area (Å²) in [6, 6.07) is 0. The molecule has 11 heavy (non-hydrogen) atoms. The van der Waals surface area contributed by atoms with Gasteiger partial charge < -0.3 is 5.32 Å². The Balaban J connectivity index is 2.17. The van der Waals surface area contributed by atoms with Crippen molar-refractivity contribution in [2.75, 3.05) is 0 Å². The fourth-order valence-corrected chi connectivity index (χ4v) is 1.08. The molecule has 0 aromatic carbocycles. The predicted molar refractivity (Wildman–Crippen MR) is 37.9 cm³/mol. The van der Waals surface area contributed by atoms with Crippen LogP contribution in [0, 0.1) is 5.92 Å². The summed E-state index contributed by atoms with van der Waals surface area (Å²) in [7, 11) is 0. The summed E-state index contributed by atoms with van der Waals surface area (Å²) < 4.78 is 0. The first-order chi connectivity index (χ1) is 5.25. The van der Waals surface area contributed by atoms with Crippen molar-refractivity contribution >= 4 is 17.6 Å². The average molecular weight is 152 g/mol. The Kier molecular flexibility index (Phi) is 1.27. The van der Waals surface area contributed by atoms with Gasteiger partial charge in [-0.15, -0.1) is 0 Å². The number of hydrogen-bond donors (Lipinski definition) is 1. The Morgan fingerprint density at radius 2 is 2.09 bits per heavy atom. The highest BCUT2D eigenvalue weighted by molar-refractivity contribution is 6.14. The van der Waals surface area contributed by atoms with Crippen molar-refractivity contribution in [2.24, 2.45) is 10.9 Å². The summed E-state index contributed by atoms with van der Waals surface area (Å²) in [5.41, 5.74) is 0. The van der Waals surface area contributed by atoms with E-state index in [2.05, 4.69) is 10.3 Å². The van der Waals surface area contributed by atoms with Gasteiger partial charge in [0.1, 0.15) is 12.3 Å². The molecule has 1 N–H and O–H groups in total. The van der Waals surface area contributed by atoms with Crippen LogP contribution in [0.1, 0.15) is 19.3 Å². The minimum absolute atomic E-state index is 0.0871. The van der Waals surface area contributed by atoms with Gasteiger partial charge in [-0.3, -0.25) is 9.59 Å². The van der Waals surface area contributed by atoms with E-state index < -0.39 is 0 Å². The number of nitrogens with zero attached hydrogens (tertiary/aromatic N) is 1. The lowest BCUT2D eigenvalue weighted by atomic mass is 10.3. The van der Waals surface area contributed by atoms with E-state index in [9.17, 15) is 9.59 Å². The zero-order valence-electron chi connectivity index (χ0n) is 5.96. The van der Waals surface area contributed by atoms with Crippen LogP contribution in [0.15, 0.2) is 4.99 Å². The molecule has 0 atom stereocenters. The maximum atomic E-state index is 10.8. The van der Waals surface area contributed by atoms with Crippen LogP contribution in [0.2, 0.25) is 0 Å². The number of amides is 2. The lowest BCUT2D eigenvalue weighted by molar-refractivity contribution is -0.127. The molecule has 0 saturated heterocycles. The van der Waals surface area contributed by atoms with E-state index in [-0.39, 0.29) is 18.2 Å². The lowest BCUT2D eigenvalue weighted by Gasteiger charge is -2.10. The molecule has 2 rings (SSSR count). The van der Waals surface area contributed by atoms with E-state index in [1.54, 1.807) is 0 Å². The van der Waals surface area contributed by atoms with Crippen molar-refractivity contribution in [2.45, 2.75) is 19.3 Å². The van der Waals surface area contributed by atoms with E-state index in [0.29, 0.717) is 11.8 Å². The highest BCUT2D eigenvalue weighted by atomic mass is 16.2. The van der Waals surface area contributed by atoms with E-state index in [1.807, 2.05) is 0 Å². The molecule has 1 saturated carbocycles. The Labute approximate surface area is 63.7 Å². The maximum Gasteiger partial charge on any atom is 0.256 e. The normalized spacial score (nSPS) is 24.5. The third kappa shape index (κ3) is 1.29. The smallest absolute Gasteiger partial charge is 0.256 e. The molecule has 2 amide bonds. The fraction of sp³-hybridized carbons (Fsp3) is 0.571. The van der Waals surface area contributed by atoms with Gasteiger partial charge in [-0.05, 0) is 12.8 Å². The lowest BCUT2D eigenvalue weighted by Crippen LogP contribution is -2.37. The highest BCUT2D eigenvalue weighted by Crippen LogP contribution is 2.30. The van der Waals surface area contributed by atoms with Crippen LogP contribution in [-0.4, -0.2) is 17.6 Å². The summed E-state index contributed by atoms with van der Waals surface area (Å²) in [5.74, 6) is 0.414. The number of amidine groups is 1. The quantitative estimate of drug-likeness (QED) is 0.531. The minimum atomic E-state index is -0.310. The highest BCUT2D eigenvalue weighted by Gasteiger charge is 2.32. The molecule has 0 unspecified atom stereocenters. The van der Waals surface area contributed by atoms with E-state index in [4.69, 9.17) is 0 Å². The standard InChI is InChI=1S/C7H8N2O2/c10-5-3-6(11)9-7(8-5)4-1-2-4/h4H,1-3H2,(H,8,9,10,11). The van der Waals surface area contributed by atoms with Crippen molar-refractivity contribution in [3.05, 3.63) is 0 Å². The zero-order chi connectivity index (χ0) is 7.84. The van der Waals surface area contributed by atoms with Gasteiger partial charge in [-0.25, -0.2) is 0 Å². The number of hydrogen-bond acceptors (Lipinski definition) is 2. The molecule has 2 aliphatic rings. The summed E-state index contributed by atoms with van der Waals surface area (Å²) in [4.78, 5) is 25.3. The van der Waals surface area contributed by atoms with Crippen molar-refractivity contribution in [1.82, 2.24) is 5.32 Å². The third-order valence-electron chi connectivity index (χ3n) is 1.79. The monoisotopic (exact) mass is 152 g/mol. The molecule has 1 heterocycles. The molecular formula is C7H8N2O2. The van der Waals surface area contributed by atoms with Crippen LogP contribution >= 0.6 is 0 Å². The van der Waals surface area contributed by atoms with Gasteiger partial charge in [0.05, 0.1) is 0 Å². The number of aliphatic imine (C=N–C) groups is 1. The molecular weight excluding hydrogens is 144 g/mol. The Hall–Kier alpha value is -1.19. The largest absolute Gasteiger partial charge is 0.313 e. The molecule has 1 aliphatic heterocycles. The number of carbonyl (C=O) groups is 2. The molecule has 4 heteroatoms. The van der Waals surface area contributed by atoms with E-state index in [1.165, 1.54) is 0 Å². The molecule has 1 fully saturated rings. The van der Waals surface area contributed by atoms with E-state index >= 15 is 0 Å². The maximum absolute atomic E-state index is 10.8. The van der Waals surface area contributed by atoms with Crippen LogP contribution in [0.3, 0.4) is 0 Å². The molecule has 0 aromatic rings. The van der Waals surface area contributed by atoms with Crippen LogP contribution in [-0.2, 0) is 9.59 Å². The van der Waals surface area contributed by atoms with Crippen LogP contribution < -0.4 is 5.32 Å². The predicted octanol–water partition coefficient (Wildman–Crippen LogP) is -0.159. The van der Waals surface area contributed by atoms with Crippen molar-refractivity contribution in [3.63, 3.8) is 0 Å². The second-order valence-electron chi connectivity index (χ2n) is 2.89. The van der Waals surface area contributed by atoms with Gasteiger partial charge in [0, 0.05) is 5.92 Å². The van der Waals surface area contributed by atoms with Crippen LogP contribution in [0.5, 0.6) is 0 Å². The third-order valence-corrected chi connectivity index (χ3v) is 1.79. The first-order valence-corrected chi connectivity index (χ1v) is 3.67. The minimum Gasteiger partial charge on any atom is -0.313 e. The molecule has 0 radical (unpaired) electrons. The summed E-state index contributed by atoms with van der Waals surface area (Å²) in [6.45, 7) is 0. The van der Waals surface area contributed by atoms with Crippen LogP contribution in [0.25, 0.3) is 0 Å². The van der Waals surface area contributed by atoms with Gasteiger partial charge in [-0.2, -0.15) is 4.99 Å². The number of nitrogens with one attached hydrogen (secondary N) is 1. The van der Waals surface area contributed by atoms with Gasteiger partial charge in [0.25, 0.3) is 5.91 Å². The Bertz CT molecular complexity index is 253. The molecule has 1 aliphatic carbocycles. The first-order valence-electron chi connectivity index (χ1n) is 3.67. The summed E-state index contributed by atoms with van der Waals surface area (Å²) in [5, 5.41) is 2.60. The summed E-state index contributed by atoms with van der Waals surface area (Å²) >= 11 is 0. The van der Waals surface area contributed by atoms with Gasteiger partial charge >= 0.3 is 0 Å². The molecule has 4 nitrogen and oxygen atoms in total. The molecule has 0 bridgehead atoms.